The molecule has 0 bridgehead atoms. The molecular weight excluding hydrogens is 266 g/mol. The van der Waals surface area contributed by atoms with Gasteiger partial charge in [-0.1, -0.05) is 6.92 Å². The van der Waals surface area contributed by atoms with Crippen molar-refractivity contribution in [2.24, 2.45) is 0 Å². The van der Waals surface area contributed by atoms with Crippen LogP contribution in [0.1, 0.15) is 35.6 Å². The number of anilines is 1. The summed E-state index contributed by atoms with van der Waals surface area (Å²) in [5.41, 5.74) is 2.21. The number of nitrogens with zero attached hydrogens (tertiary/aromatic N) is 3. The van der Waals surface area contributed by atoms with Gasteiger partial charge in [-0.3, -0.25) is 4.79 Å². The highest BCUT2D eigenvalue weighted by atomic mass is 16.1. The first kappa shape index (κ1) is 14.9. The van der Waals surface area contributed by atoms with Crippen LogP contribution in [0, 0.1) is 0 Å². The molecule has 2 rings (SSSR count). The molecule has 2 aromatic heterocycles. The minimum absolute atomic E-state index is 0.142. The highest BCUT2D eigenvalue weighted by Crippen LogP contribution is 2.11. The van der Waals surface area contributed by atoms with E-state index in [4.69, 9.17) is 0 Å². The predicted molar refractivity (Wildman–Crippen MR) is 81.0 cm³/mol. The molecule has 0 aliphatic carbocycles. The number of nitrogens with one attached hydrogen (secondary N) is 2. The second kappa shape index (κ2) is 7.33. The van der Waals surface area contributed by atoms with E-state index in [1.807, 2.05) is 26.0 Å². The fraction of sp³-hybridized carbons (Fsp3) is 0.333. The molecule has 0 aromatic carbocycles. The maximum atomic E-state index is 12.2. The van der Waals surface area contributed by atoms with Gasteiger partial charge in [-0.05, 0) is 37.6 Å². The van der Waals surface area contributed by atoms with Crippen LogP contribution >= 0.6 is 0 Å². The number of aryl methyl sites for hydroxylation is 1. The Balaban J connectivity index is 2.09. The fourth-order valence-electron chi connectivity index (χ4n) is 1.87. The van der Waals surface area contributed by atoms with E-state index in [0.29, 0.717) is 12.1 Å². The third kappa shape index (κ3) is 4.24. The molecule has 0 saturated carbocycles. The van der Waals surface area contributed by atoms with E-state index >= 15 is 0 Å². The summed E-state index contributed by atoms with van der Waals surface area (Å²) < 4.78 is 0. The Kier molecular flexibility index (Phi) is 5.20. The summed E-state index contributed by atoms with van der Waals surface area (Å²) in [6.45, 7) is 5.13. The molecule has 6 nitrogen and oxygen atoms in total. The SMILES string of the molecule is CCNc1cc(C(=O)NCc2cccnn2)cc(CC)n1. The summed E-state index contributed by atoms with van der Waals surface area (Å²) in [5, 5.41) is 13.7. The molecule has 2 aromatic rings. The van der Waals surface area contributed by atoms with Crippen molar-refractivity contribution in [3.05, 3.63) is 47.4 Å². The number of carbonyl (C=O) groups is 1. The van der Waals surface area contributed by atoms with Crippen molar-refractivity contribution in [3.63, 3.8) is 0 Å². The molecule has 110 valence electrons. The number of hydrogen-bond donors (Lipinski definition) is 2. The molecule has 0 radical (unpaired) electrons. The van der Waals surface area contributed by atoms with Gasteiger partial charge in [0.2, 0.25) is 0 Å². The van der Waals surface area contributed by atoms with Gasteiger partial charge in [0.25, 0.3) is 5.91 Å². The zero-order chi connectivity index (χ0) is 15.1. The van der Waals surface area contributed by atoms with E-state index in [9.17, 15) is 4.79 Å². The monoisotopic (exact) mass is 285 g/mol. The van der Waals surface area contributed by atoms with Crippen LogP contribution in [0.2, 0.25) is 0 Å². The number of amides is 1. The number of carbonyl (C=O) groups excluding carboxylic acids is 1. The topological polar surface area (TPSA) is 79.8 Å². The van der Waals surface area contributed by atoms with Gasteiger partial charge < -0.3 is 10.6 Å². The molecule has 2 N–H and O–H groups in total. The Hall–Kier alpha value is -2.50. The van der Waals surface area contributed by atoms with Crippen LogP contribution in [0.25, 0.3) is 0 Å². The van der Waals surface area contributed by atoms with Gasteiger partial charge in [-0.15, -0.1) is 0 Å². The van der Waals surface area contributed by atoms with E-state index < -0.39 is 0 Å². The van der Waals surface area contributed by atoms with Crippen molar-refractivity contribution in [1.82, 2.24) is 20.5 Å². The molecule has 21 heavy (non-hydrogen) atoms. The van der Waals surface area contributed by atoms with Crippen LogP contribution in [0.3, 0.4) is 0 Å². The van der Waals surface area contributed by atoms with Gasteiger partial charge in [0.1, 0.15) is 5.82 Å². The smallest absolute Gasteiger partial charge is 0.251 e. The van der Waals surface area contributed by atoms with Crippen molar-refractivity contribution in [3.8, 4) is 0 Å². The van der Waals surface area contributed by atoms with Gasteiger partial charge in [0.05, 0.1) is 12.2 Å². The molecule has 6 heteroatoms. The molecule has 0 fully saturated rings. The summed E-state index contributed by atoms with van der Waals surface area (Å²) in [4.78, 5) is 16.7. The highest BCUT2D eigenvalue weighted by Gasteiger charge is 2.09. The maximum absolute atomic E-state index is 12.2. The number of aromatic nitrogens is 3. The van der Waals surface area contributed by atoms with Crippen LogP contribution in [0.4, 0.5) is 5.82 Å². The molecule has 0 aliphatic rings. The second-order valence-electron chi connectivity index (χ2n) is 4.51. The molecule has 0 unspecified atom stereocenters. The van der Waals surface area contributed by atoms with Gasteiger partial charge in [0, 0.05) is 24.0 Å². The lowest BCUT2D eigenvalue weighted by Crippen LogP contribution is -2.24. The predicted octanol–water partition coefficient (Wildman–Crippen LogP) is 1.80. The van der Waals surface area contributed by atoms with Gasteiger partial charge in [-0.25, -0.2) is 4.98 Å². The third-order valence-corrected chi connectivity index (χ3v) is 2.92. The molecule has 2 heterocycles. The largest absolute Gasteiger partial charge is 0.370 e. The Morgan fingerprint density at radius 2 is 2.10 bits per heavy atom. The zero-order valence-electron chi connectivity index (χ0n) is 12.3. The summed E-state index contributed by atoms with van der Waals surface area (Å²) in [5.74, 6) is 0.582. The lowest BCUT2D eigenvalue weighted by molar-refractivity contribution is 0.0950. The Bertz CT molecular complexity index is 600. The molecular formula is C15H19N5O. The van der Waals surface area contributed by atoms with Gasteiger partial charge in [-0.2, -0.15) is 10.2 Å². The van der Waals surface area contributed by atoms with Crippen LogP contribution in [-0.2, 0) is 13.0 Å². The van der Waals surface area contributed by atoms with Crippen molar-refractivity contribution in [1.29, 1.82) is 0 Å². The van der Waals surface area contributed by atoms with Gasteiger partial charge in [0.15, 0.2) is 0 Å². The first-order valence-electron chi connectivity index (χ1n) is 7.02. The zero-order valence-corrected chi connectivity index (χ0v) is 12.3. The third-order valence-electron chi connectivity index (χ3n) is 2.92. The summed E-state index contributed by atoms with van der Waals surface area (Å²) in [6.07, 6.45) is 2.38. The first-order valence-corrected chi connectivity index (χ1v) is 7.02. The molecule has 0 atom stereocenters. The van der Waals surface area contributed by atoms with Crippen molar-refractivity contribution in [2.45, 2.75) is 26.8 Å². The van der Waals surface area contributed by atoms with E-state index in [2.05, 4.69) is 25.8 Å². The van der Waals surface area contributed by atoms with Crippen LogP contribution < -0.4 is 10.6 Å². The standard InChI is InChI=1S/C15H19N5O/c1-3-12-8-11(9-14(19-12)16-4-2)15(21)17-10-13-6-5-7-18-20-13/h5-9H,3-4,10H2,1-2H3,(H,16,19)(H,17,21). The van der Waals surface area contributed by atoms with Crippen LogP contribution in [0.5, 0.6) is 0 Å². The molecule has 0 aliphatic heterocycles. The highest BCUT2D eigenvalue weighted by molar-refractivity contribution is 5.94. The Labute approximate surface area is 124 Å². The summed E-state index contributed by atoms with van der Waals surface area (Å²) >= 11 is 0. The molecule has 0 spiro atoms. The average molecular weight is 285 g/mol. The van der Waals surface area contributed by atoms with E-state index in [0.717, 1.165) is 30.2 Å². The van der Waals surface area contributed by atoms with Crippen molar-refractivity contribution < 1.29 is 4.79 Å². The molecule has 0 saturated heterocycles. The van der Waals surface area contributed by atoms with Crippen molar-refractivity contribution >= 4 is 11.7 Å². The van der Waals surface area contributed by atoms with Crippen molar-refractivity contribution in [2.75, 3.05) is 11.9 Å². The number of hydrogen-bond acceptors (Lipinski definition) is 5. The molecule has 1 amide bonds. The number of rotatable bonds is 6. The second-order valence-corrected chi connectivity index (χ2v) is 4.51. The number of pyridine rings is 1. The lowest BCUT2D eigenvalue weighted by atomic mass is 10.1. The summed E-state index contributed by atoms with van der Waals surface area (Å²) in [7, 11) is 0. The van der Waals surface area contributed by atoms with E-state index in [1.165, 1.54) is 0 Å². The maximum Gasteiger partial charge on any atom is 0.251 e. The van der Waals surface area contributed by atoms with E-state index in [-0.39, 0.29) is 5.91 Å². The minimum Gasteiger partial charge on any atom is -0.370 e. The first-order chi connectivity index (χ1) is 10.2. The summed E-state index contributed by atoms with van der Waals surface area (Å²) in [6, 6.07) is 7.18. The quantitative estimate of drug-likeness (QED) is 0.846. The van der Waals surface area contributed by atoms with Crippen LogP contribution in [-0.4, -0.2) is 27.6 Å². The average Bonchev–Trinajstić information content (AvgIpc) is 2.53. The lowest BCUT2D eigenvalue weighted by Gasteiger charge is -2.09. The Morgan fingerprint density at radius 1 is 1.24 bits per heavy atom. The van der Waals surface area contributed by atoms with Gasteiger partial charge >= 0.3 is 0 Å². The normalized spacial score (nSPS) is 10.2. The van der Waals surface area contributed by atoms with E-state index in [1.54, 1.807) is 18.3 Å². The minimum atomic E-state index is -0.142. The fourth-order valence-corrected chi connectivity index (χ4v) is 1.87. The Morgan fingerprint density at radius 3 is 2.76 bits per heavy atom. The van der Waals surface area contributed by atoms with Crippen LogP contribution in [0.15, 0.2) is 30.5 Å².